The Morgan fingerprint density at radius 2 is 1.67 bits per heavy atom. The van der Waals surface area contributed by atoms with Gasteiger partial charge in [0.05, 0.1) is 25.1 Å². The van der Waals surface area contributed by atoms with Crippen LogP contribution in [0.4, 0.5) is 5.69 Å². The lowest BCUT2D eigenvalue weighted by Crippen LogP contribution is -2.48. The second-order valence-electron chi connectivity index (χ2n) is 7.90. The van der Waals surface area contributed by atoms with Crippen LogP contribution in [0.3, 0.4) is 0 Å². The van der Waals surface area contributed by atoms with Crippen molar-refractivity contribution in [2.24, 2.45) is 0 Å². The molecule has 162 valence electrons. The molecule has 1 N–H and O–H groups in total. The Hall–Kier alpha value is -2.54. The number of nitrogens with one attached hydrogen (secondary N) is 1. The number of methoxy groups -OCH3 is 1. The first-order valence-electron chi connectivity index (χ1n) is 10.3. The van der Waals surface area contributed by atoms with Gasteiger partial charge in [0.2, 0.25) is 15.9 Å². The van der Waals surface area contributed by atoms with E-state index in [1.165, 1.54) is 24.0 Å². The van der Waals surface area contributed by atoms with Crippen molar-refractivity contribution in [2.75, 3.05) is 17.7 Å². The van der Waals surface area contributed by atoms with E-state index in [2.05, 4.69) is 23.5 Å². The number of anilines is 1. The van der Waals surface area contributed by atoms with Crippen LogP contribution in [0.1, 0.15) is 49.4 Å². The third kappa shape index (κ3) is 4.95. The number of carbonyl (C=O) groups excluding carboxylic acids is 1. The second kappa shape index (κ2) is 9.08. The lowest BCUT2D eigenvalue weighted by Gasteiger charge is -2.29. The minimum atomic E-state index is -3.66. The van der Waals surface area contributed by atoms with E-state index in [9.17, 15) is 13.2 Å². The molecule has 0 saturated carbocycles. The average molecular weight is 431 g/mol. The summed E-state index contributed by atoms with van der Waals surface area (Å²) < 4.78 is 31.2. The van der Waals surface area contributed by atoms with Crippen LogP contribution in [-0.4, -0.2) is 33.7 Å². The largest absolute Gasteiger partial charge is 0.497 e. The van der Waals surface area contributed by atoms with Gasteiger partial charge in [0.25, 0.3) is 0 Å². The fourth-order valence-corrected chi connectivity index (χ4v) is 5.15. The molecule has 1 amide bonds. The van der Waals surface area contributed by atoms with Gasteiger partial charge in [0, 0.05) is 0 Å². The molecule has 1 aliphatic rings. The Balaban J connectivity index is 1.77. The summed E-state index contributed by atoms with van der Waals surface area (Å²) in [6, 6.07) is 11.9. The molecule has 7 heteroatoms. The Morgan fingerprint density at radius 1 is 1.03 bits per heavy atom. The number of hydrogen-bond donors (Lipinski definition) is 1. The number of aryl methyl sites for hydroxylation is 2. The fourth-order valence-electron chi connectivity index (χ4n) is 3.98. The number of hydrogen-bond acceptors (Lipinski definition) is 4. The summed E-state index contributed by atoms with van der Waals surface area (Å²) >= 11 is 0. The molecule has 2 atom stereocenters. The maximum Gasteiger partial charge on any atom is 0.244 e. The topological polar surface area (TPSA) is 75.7 Å². The summed E-state index contributed by atoms with van der Waals surface area (Å²) in [4.78, 5) is 13.0. The van der Waals surface area contributed by atoms with Gasteiger partial charge in [0.15, 0.2) is 0 Å². The number of amides is 1. The van der Waals surface area contributed by atoms with Crippen molar-refractivity contribution in [1.29, 1.82) is 0 Å². The van der Waals surface area contributed by atoms with Gasteiger partial charge >= 0.3 is 0 Å². The van der Waals surface area contributed by atoms with Gasteiger partial charge in [0.1, 0.15) is 11.8 Å². The summed E-state index contributed by atoms with van der Waals surface area (Å²) in [7, 11) is -2.12. The quantitative estimate of drug-likeness (QED) is 0.728. The van der Waals surface area contributed by atoms with Crippen molar-refractivity contribution in [3.63, 3.8) is 0 Å². The monoisotopic (exact) mass is 430 g/mol. The Kier molecular flexibility index (Phi) is 6.71. The van der Waals surface area contributed by atoms with E-state index in [1.807, 2.05) is 6.92 Å². The predicted molar refractivity (Wildman–Crippen MR) is 119 cm³/mol. The lowest BCUT2D eigenvalue weighted by atomic mass is 9.89. The molecule has 2 aromatic carbocycles. The maximum atomic E-state index is 13.0. The van der Waals surface area contributed by atoms with Crippen molar-refractivity contribution < 1.29 is 17.9 Å². The molecule has 0 fully saturated rings. The summed E-state index contributed by atoms with van der Waals surface area (Å²) in [5.41, 5.74) is 4.19. The lowest BCUT2D eigenvalue weighted by molar-refractivity contribution is -0.122. The Labute approximate surface area is 179 Å². The number of benzene rings is 2. The summed E-state index contributed by atoms with van der Waals surface area (Å²) in [6.45, 7) is 3.52. The van der Waals surface area contributed by atoms with Gasteiger partial charge in [-0.2, -0.15) is 0 Å². The Bertz CT molecular complexity index is 1000. The molecular weight excluding hydrogens is 400 g/mol. The van der Waals surface area contributed by atoms with E-state index in [-0.39, 0.29) is 11.9 Å². The third-order valence-corrected chi connectivity index (χ3v) is 6.89. The maximum absolute atomic E-state index is 13.0. The van der Waals surface area contributed by atoms with Crippen molar-refractivity contribution >= 4 is 21.6 Å². The van der Waals surface area contributed by atoms with E-state index >= 15 is 0 Å². The fraction of sp³-hybridized carbons (Fsp3) is 0.435. The second-order valence-corrected chi connectivity index (χ2v) is 9.76. The van der Waals surface area contributed by atoms with Gasteiger partial charge in [-0.05, 0) is 80.5 Å². The number of carbonyl (C=O) groups is 1. The van der Waals surface area contributed by atoms with Crippen LogP contribution in [0.5, 0.6) is 5.75 Å². The van der Waals surface area contributed by atoms with E-state index in [4.69, 9.17) is 4.74 Å². The minimum Gasteiger partial charge on any atom is -0.497 e. The molecule has 30 heavy (non-hydrogen) atoms. The van der Waals surface area contributed by atoms with E-state index in [0.29, 0.717) is 11.4 Å². The highest BCUT2D eigenvalue weighted by Gasteiger charge is 2.30. The first-order chi connectivity index (χ1) is 14.2. The van der Waals surface area contributed by atoms with E-state index < -0.39 is 16.1 Å². The van der Waals surface area contributed by atoms with Crippen molar-refractivity contribution in [1.82, 2.24) is 5.32 Å². The average Bonchev–Trinajstić information content (AvgIpc) is 2.72. The molecule has 0 radical (unpaired) electrons. The number of fused-ring (bicyclic) bond motifs is 1. The standard InChI is InChI=1S/C23H30N2O4S/c1-16(19-10-9-18-7-5-6-8-20(18)15-19)24-23(26)17(2)25(30(4,27)28)21-11-13-22(29-3)14-12-21/h9-17H,5-8H2,1-4H3,(H,24,26)/t16-,17-/m1/s1. The molecule has 0 aromatic heterocycles. The van der Waals surface area contributed by atoms with Crippen molar-refractivity contribution in [3.8, 4) is 5.75 Å². The van der Waals surface area contributed by atoms with Gasteiger partial charge < -0.3 is 10.1 Å². The highest BCUT2D eigenvalue weighted by molar-refractivity contribution is 7.92. The molecule has 1 aliphatic carbocycles. The number of nitrogens with zero attached hydrogens (tertiary/aromatic N) is 1. The zero-order valence-electron chi connectivity index (χ0n) is 18.0. The van der Waals surface area contributed by atoms with Gasteiger partial charge in [-0.25, -0.2) is 8.42 Å². The summed E-state index contributed by atoms with van der Waals surface area (Å²) in [5, 5.41) is 2.98. The highest BCUT2D eigenvalue weighted by Crippen LogP contribution is 2.26. The van der Waals surface area contributed by atoms with Crippen LogP contribution >= 0.6 is 0 Å². The number of ether oxygens (including phenoxy) is 1. The first-order valence-corrected chi connectivity index (χ1v) is 12.1. The van der Waals surface area contributed by atoms with Crippen LogP contribution in [0.25, 0.3) is 0 Å². The van der Waals surface area contributed by atoms with Gasteiger partial charge in [-0.15, -0.1) is 0 Å². The molecule has 0 heterocycles. The van der Waals surface area contributed by atoms with Crippen LogP contribution in [0, 0.1) is 0 Å². The molecule has 6 nitrogen and oxygen atoms in total. The molecule has 0 spiro atoms. The summed E-state index contributed by atoms with van der Waals surface area (Å²) in [6.07, 6.45) is 5.70. The van der Waals surface area contributed by atoms with Crippen molar-refractivity contribution in [2.45, 2.75) is 51.6 Å². The minimum absolute atomic E-state index is 0.218. The van der Waals surface area contributed by atoms with E-state index in [0.717, 1.165) is 29.0 Å². The van der Waals surface area contributed by atoms with Crippen LogP contribution in [0.15, 0.2) is 42.5 Å². The number of rotatable bonds is 7. The Morgan fingerprint density at radius 3 is 2.27 bits per heavy atom. The van der Waals surface area contributed by atoms with Crippen molar-refractivity contribution in [3.05, 3.63) is 59.2 Å². The van der Waals surface area contributed by atoms with Gasteiger partial charge in [-0.3, -0.25) is 9.10 Å². The normalized spacial score (nSPS) is 15.6. The molecule has 0 saturated heterocycles. The zero-order valence-corrected chi connectivity index (χ0v) is 18.8. The third-order valence-electron chi connectivity index (χ3n) is 5.65. The molecule has 0 unspecified atom stereocenters. The molecule has 0 bridgehead atoms. The molecule has 0 aliphatic heterocycles. The first kappa shape index (κ1) is 22.2. The van der Waals surface area contributed by atoms with Crippen LogP contribution in [0.2, 0.25) is 0 Å². The number of sulfonamides is 1. The zero-order chi connectivity index (χ0) is 21.9. The van der Waals surface area contributed by atoms with Crippen LogP contribution in [-0.2, 0) is 27.7 Å². The van der Waals surface area contributed by atoms with E-state index in [1.54, 1.807) is 38.3 Å². The SMILES string of the molecule is COc1ccc(N([C@H](C)C(=O)N[C@H](C)c2ccc3c(c2)CCCC3)S(C)(=O)=O)cc1. The molecule has 3 rings (SSSR count). The molecular formula is C23H30N2O4S. The van der Waals surface area contributed by atoms with Gasteiger partial charge in [-0.1, -0.05) is 18.2 Å². The predicted octanol–water partition coefficient (Wildman–Crippen LogP) is 3.61. The summed E-state index contributed by atoms with van der Waals surface area (Å²) in [5.74, 6) is 0.270. The molecule has 2 aromatic rings. The smallest absolute Gasteiger partial charge is 0.244 e. The highest BCUT2D eigenvalue weighted by atomic mass is 32.2. The van der Waals surface area contributed by atoms with Crippen LogP contribution < -0.4 is 14.4 Å².